The number of hydrogen-bond donors (Lipinski definition) is 1. The lowest BCUT2D eigenvalue weighted by atomic mass is 10.1. The van der Waals surface area contributed by atoms with Crippen molar-refractivity contribution < 1.29 is 4.74 Å². The molecule has 0 aliphatic heterocycles. The number of aromatic nitrogens is 4. The van der Waals surface area contributed by atoms with Gasteiger partial charge in [0, 0.05) is 6.42 Å². The molecule has 2 heterocycles. The number of nitrogens with zero attached hydrogens (tertiary/aromatic N) is 4. The maximum Gasteiger partial charge on any atom is 0.183 e. The average Bonchev–Trinajstić information content (AvgIpc) is 3.12. The fourth-order valence-corrected chi connectivity index (χ4v) is 2.86. The van der Waals surface area contributed by atoms with E-state index in [-0.39, 0.29) is 12.1 Å². The van der Waals surface area contributed by atoms with Gasteiger partial charge in [0.15, 0.2) is 11.5 Å². The summed E-state index contributed by atoms with van der Waals surface area (Å²) in [4.78, 5) is 12.7. The summed E-state index contributed by atoms with van der Waals surface area (Å²) < 4.78 is 8.06. The van der Waals surface area contributed by atoms with Crippen molar-refractivity contribution in [2.24, 2.45) is 0 Å². The number of hydrogen-bond acceptors (Lipinski definition) is 5. The lowest BCUT2D eigenvalue weighted by molar-refractivity contribution is 0.0326. The van der Waals surface area contributed by atoms with Crippen LogP contribution in [0.2, 0.25) is 0 Å². The zero-order valence-corrected chi connectivity index (χ0v) is 15.8. The third kappa shape index (κ3) is 4.63. The SMILES string of the molecule is CCCCC#C[C@H]([C@H](C)OCc1ccccc1)n1cnc2ncnc(N)c21. The van der Waals surface area contributed by atoms with Gasteiger partial charge in [0.1, 0.15) is 17.9 Å². The molecule has 6 heteroatoms. The minimum Gasteiger partial charge on any atom is -0.382 e. The van der Waals surface area contributed by atoms with Crippen LogP contribution in [0, 0.1) is 11.8 Å². The maximum absolute atomic E-state index is 6.13. The molecule has 0 spiro atoms. The van der Waals surface area contributed by atoms with E-state index in [9.17, 15) is 0 Å². The van der Waals surface area contributed by atoms with Crippen LogP contribution in [0.15, 0.2) is 43.0 Å². The summed E-state index contributed by atoms with van der Waals surface area (Å²) >= 11 is 0. The lowest BCUT2D eigenvalue weighted by Crippen LogP contribution is -2.23. The largest absolute Gasteiger partial charge is 0.382 e. The molecule has 27 heavy (non-hydrogen) atoms. The van der Waals surface area contributed by atoms with Gasteiger partial charge in [-0.05, 0) is 18.9 Å². The molecule has 0 aliphatic carbocycles. The van der Waals surface area contributed by atoms with E-state index in [4.69, 9.17) is 10.5 Å². The number of benzene rings is 1. The number of rotatable bonds is 7. The summed E-state index contributed by atoms with van der Waals surface area (Å²) in [6.07, 6.45) is 6.04. The van der Waals surface area contributed by atoms with E-state index >= 15 is 0 Å². The number of fused-ring (bicyclic) bond motifs is 1. The highest BCUT2D eigenvalue weighted by atomic mass is 16.5. The summed E-state index contributed by atoms with van der Waals surface area (Å²) in [5, 5.41) is 0. The molecule has 0 aliphatic rings. The quantitative estimate of drug-likeness (QED) is 0.511. The van der Waals surface area contributed by atoms with Crippen molar-refractivity contribution in [2.45, 2.75) is 51.9 Å². The van der Waals surface area contributed by atoms with Gasteiger partial charge in [0.05, 0.1) is 19.0 Å². The van der Waals surface area contributed by atoms with E-state index in [1.807, 2.05) is 41.8 Å². The highest BCUT2D eigenvalue weighted by Gasteiger charge is 2.22. The van der Waals surface area contributed by atoms with E-state index in [0.717, 1.165) is 24.8 Å². The van der Waals surface area contributed by atoms with Gasteiger partial charge in [-0.15, -0.1) is 5.92 Å². The summed E-state index contributed by atoms with van der Waals surface area (Å²) in [5.41, 5.74) is 8.47. The Morgan fingerprint density at radius 2 is 2.00 bits per heavy atom. The number of anilines is 1. The molecule has 0 amide bonds. The van der Waals surface area contributed by atoms with Crippen molar-refractivity contribution in [1.82, 2.24) is 19.5 Å². The van der Waals surface area contributed by atoms with Gasteiger partial charge in [0.25, 0.3) is 0 Å². The van der Waals surface area contributed by atoms with Gasteiger partial charge in [-0.3, -0.25) is 0 Å². The van der Waals surface area contributed by atoms with Crippen LogP contribution in [0.25, 0.3) is 11.2 Å². The topological polar surface area (TPSA) is 78.8 Å². The summed E-state index contributed by atoms with van der Waals surface area (Å²) in [6.45, 7) is 4.70. The van der Waals surface area contributed by atoms with Crippen LogP contribution in [-0.2, 0) is 11.3 Å². The van der Waals surface area contributed by atoms with E-state index in [1.54, 1.807) is 6.33 Å². The van der Waals surface area contributed by atoms with Gasteiger partial charge >= 0.3 is 0 Å². The Hall–Kier alpha value is -2.91. The van der Waals surface area contributed by atoms with Gasteiger partial charge < -0.3 is 15.0 Å². The minimum absolute atomic E-state index is 0.156. The monoisotopic (exact) mass is 363 g/mol. The van der Waals surface area contributed by atoms with Crippen molar-refractivity contribution in [3.8, 4) is 11.8 Å². The van der Waals surface area contributed by atoms with Crippen molar-refractivity contribution in [1.29, 1.82) is 0 Å². The molecule has 6 nitrogen and oxygen atoms in total. The van der Waals surface area contributed by atoms with E-state index < -0.39 is 0 Å². The first-order valence-corrected chi connectivity index (χ1v) is 9.27. The maximum atomic E-state index is 6.13. The van der Waals surface area contributed by atoms with Gasteiger partial charge in [-0.1, -0.05) is 49.6 Å². The Bertz CT molecular complexity index is 926. The first-order valence-electron chi connectivity index (χ1n) is 9.27. The second-order valence-electron chi connectivity index (χ2n) is 6.45. The Morgan fingerprint density at radius 1 is 1.19 bits per heavy atom. The van der Waals surface area contributed by atoms with Gasteiger partial charge in [-0.2, -0.15) is 0 Å². The van der Waals surface area contributed by atoms with Crippen LogP contribution in [0.3, 0.4) is 0 Å². The second-order valence-corrected chi connectivity index (χ2v) is 6.45. The molecule has 1 aromatic carbocycles. The summed E-state index contributed by atoms with van der Waals surface area (Å²) in [5.74, 6) is 7.02. The first-order chi connectivity index (χ1) is 13.2. The van der Waals surface area contributed by atoms with Crippen molar-refractivity contribution in [3.63, 3.8) is 0 Å². The highest BCUT2D eigenvalue weighted by molar-refractivity contribution is 5.81. The molecule has 0 radical (unpaired) electrons. The number of ether oxygens (including phenoxy) is 1. The van der Waals surface area contributed by atoms with Crippen molar-refractivity contribution in [3.05, 3.63) is 48.5 Å². The Kier molecular flexibility index (Phi) is 6.39. The minimum atomic E-state index is -0.219. The van der Waals surface area contributed by atoms with Gasteiger partial charge in [0.2, 0.25) is 0 Å². The second kappa shape index (κ2) is 9.15. The molecule has 2 atom stereocenters. The molecule has 2 N–H and O–H groups in total. The van der Waals surface area contributed by atoms with Crippen LogP contribution in [0.4, 0.5) is 5.82 Å². The molecule has 140 valence electrons. The van der Waals surface area contributed by atoms with Crippen LogP contribution in [0.1, 0.15) is 44.7 Å². The molecule has 2 aromatic heterocycles. The predicted octanol–water partition coefficient (Wildman–Crippen LogP) is 3.75. The predicted molar refractivity (Wildman–Crippen MR) is 107 cm³/mol. The van der Waals surface area contributed by atoms with Crippen LogP contribution >= 0.6 is 0 Å². The molecule has 3 rings (SSSR count). The normalized spacial score (nSPS) is 13.1. The van der Waals surface area contributed by atoms with E-state index in [1.165, 1.54) is 6.33 Å². The van der Waals surface area contributed by atoms with Crippen LogP contribution in [0.5, 0.6) is 0 Å². The molecule has 3 aromatic rings. The van der Waals surface area contributed by atoms with Gasteiger partial charge in [-0.25, -0.2) is 15.0 Å². The average molecular weight is 363 g/mol. The highest BCUT2D eigenvalue weighted by Crippen LogP contribution is 2.24. The molecule has 0 fully saturated rings. The Labute approximate surface area is 159 Å². The standard InChI is InChI=1S/C21H25N5O/c1-3-4-5-9-12-18(16(2)27-13-17-10-7-6-8-11-17)26-15-25-21-19(26)20(22)23-14-24-21/h6-8,10-11,14-16,18H,3-5,13H2,1-2H3,(H2,22,23,24)/t16-,18+/m0/s1. The Balaban J connectivity index is 1.86. The number of nitrogen functional groups attached to an aromatic ring is 1. The number of nitrogens with two attached hydrogens (primary N) is 1. The first kappa shape index (κ1) is 18.9. The summed E-state index contributed by atoms with van der Waals surface area (Å²) in [7, 11) is 0. The van der Waals surface area contributed by atoms with Crippen LogP contribution < -0.4 is 5.73 Å². The van der Waals surface area contributed by atoms with E-state index in [2.05, 4.69) is 33.7 Å². The Morgan fingerprint density at radius 3 is 2.78 bits per heavy atom. The lowest BCUT2D eigenvalue weighted by Gasteiger charge is -2.22. The van der Waals surface area contributed by atoms with Crippen LogP contribution in [-0.4, -0.2) is 25.6 Å². The van der Waals surface area contributed by atoms with Crippen molar-refractivity contribution in [2.75, 3.05) is 5.73 Å². The molecule has 0 saturated heterocycles. The fourth-order valence-electron chi connectivity index (χ4n) is 2.86. The molecule has 0 bridgehead atoms. The van der Waals surface area contributed by atoms with E-state index in [0.29, 0.717) is 23.6 Å². The summed E-state index contributed by atoms with van der Waals surface area (Å²) in [6, 6.07) is 9.89. The molecular weight excluding hydrogens is 338 g/mol. The zero-order chi connectivity index (χ0) is 19.1. The fraction of sp³-hybridized carbons (Fsp3) is 0.381. The smallest absolute Gasteiger partial charge is 0.183 e. The third-order valence-electron chi connectivity index (χ3n) is 4.40. The third-order valence-corrected chi connectivity index (χ3v) is 4.40. The number of imidazole rings is 1. The van der Waals surface area contributed by atoms with Crippen molar-refractivity contribution >= 4 is 17.0 Å². The molecule has 0 unspecified atom stereocenters. The number of unbranched alkanes of at least 4 members (excludes halogenated alkanes) is 2. The zero-order valence-electron chi connectivity index (χ0n) is 15.8. The molecular formula is C21H25N5O. The molecule has 0 saturated carbocycles.